The summed E-state index contributed by atoms with van der Waals surface area (Å²) < 4.78 is 0. The van der Waals surface area contributed by atoms with Crippen LogP contribution in [0.1, 0.15) is 5.56 Å². The molecule has 0 saturated heterocycles. The van der Waals surface area contributed by atoms with E-state index in [1.807, 2.05) is 30.3 Å². The second kappa shape index (κ2) is 5.75. The smallest absolute Gasteiger partial charge is 0.326 e. The number of hydrogen-bond donors (Lipinski definition) is 3. The Hall–Kier alpha value is -2.04. The van der Waals surface area contributed by atoms with Gasteiger partial charge < -0.3 is 15.7 Å². The number of urea groups is 1. The maximum absolute atomic E-state index is 11.0. The van der Waals surface area contributed by atoms with Crippen molar-refractivity contribution in [3.8, 4) is 0 Å². The number of amides is 2. The zero-order valence-electron chi connectivity index (χ0n) is 8.93. The van der Waals surface area contributed by atoms with Crippen molar-refractivity contribution in [1.82, 2.24) is 10.6 Å². The van der Waals surface area contributed by atoms with Crippen molar-refractivity contribution in [2.45, 2.75) is 12.5 Å². The van der Waals surface area contributed by atoms with Gasteiger partial charge in [0.05, 0.1) is 0 Å². The van der Waals surface area contributed by atoms with E-state index >= 15 is 0 Å². The van der Waals surface area contributed by atoms with Gasteiger partial charge >= 0.3 is 12.0 Å². The Bertz CT molecular complexity index is 365. The lowest BCUT2D eigenvalue weighted by Crippen LogP contribution is -2.46. The van der Waals surface area contributed by atoms with Crippen LogP contribution in [0.25, 0.3) is 0 Å². The number of carboxylic acids is 1. The molecule has 0 aromatic heterocycles. The molecule has 0 radical (unpaired) electrons. The number of carbonyl (C=O) groups excluding carboxylic acids is 1. The fraction of sp³-hybridized carbons (Fsp3) is 0.273. The molecule has 86 valence electrons. The average Bonchev–Trinajstić information content (AvgIpc) is 2.29. The first-order valence-corrected chi connectivity index (χ1v) is 4.88. The van der Waals surface area contributed by atoms with Crippen LogP contribution in [-0.4, -0.2) is 30.2 Å². The van der Waals surface area contributed by atoms with Crippen molar-refractivity contribution < 1.29 is 14.7 Å². The quantitative estimate of drug-likeness (QED) is 0.698. The Kier molecular flexibility index (Phi) is 4.32. The summed E-state index contributed by atoms with van der Waals surface area (Å²) in [5, 5.41) is 13.6. The van der Waals surface area contributed by atoms with Crippen molar-refractivity contribution >= 4 is 12.0 Å². The van der Waals surface area contributed by atoms with E-state index in [0.717, 1.165) is 5.56 Å². The van der Waals surface area contributed by atoms with Crippen LogP contribution < -0.4 is 10.6 Å². The van der Waals surface area contributed by atoms with E-state index in [-0.39, 0.29) is 6.42 Å². The lowest BCUT2D eigenvalue weighted by atomic mass is 10.1. The summed E-state index contributed by atoms with van der Waals surface area (Å²) in [5.41, 5.74) is 0.867. The van der Waals surface area contributed by atoms with Crippen LogP contribution in [0.15, 0.2) is 30.3 Å². The molecular weight excluding hydrogens is 208 g/mol. The Morgan fingerprint density at radius 2 is 1.94 bits per heavy atom. The van der Waals surface area contributed by atoms with E-state index in [0.29, 0.717) is 0 Å². The summed E-state index contributed by atoms with van der Waals surface area (Å²) in [4.78, 5) is 21.9. The van der Waals surface area contributed by atoms with E-state index < -0.39 is 18.0 Å². The minimum Gasteiger partial charge on any atom is -0.480 e. The predicted octanol–water partition coefficient (Wildman–Crippen LogP) is 0.611. The van der Waals surface area contributed by atoms with Crippen LogP contribution in [-0.2, 0) is 11.2 Å². The molecule has 1 aromatic carbocycles. The summed E-state index contributed by atoms with van der Waals surface area (Å²) in [6.07, 6.45) is 0.267. The van der Waals surface area contributed by atoms with E-state index in [1.54, 1.807) is 0 Å². The molecule has 0 heterocycles. The van der Waals surface area contributed by atoms with Crippen LogP contribution >= 0.6 is 0 Å². The van der Waals surface area contributed by atoms with Crippen molar-refractivity contribution in [1.29, 1.82) is 0 Å². The van der Waals surface area contributed by atoms with Gasteiger partial charge in [-0.1, -0.05) is 30.3 Å². The average molecular weight is 222 g/mol. The molecule has 0 unspecified atom stereocenters. The molecule has 0 saturated carbocycles. The molecule has 0 aliphatic heterocycles. The summed E-state index contributed by atoms with van der Waals surface area (Å²) >= 11 is 0. The summed E-state index contributed by atoms with van der Waals surface area (Å²) in [7, 11) is 1.44. The zero-order valence-corrected chi connectivity index (χ0v) is 8.93. The van der Waals surface area contributed by atoms with Crippen molar-refractivity contribution in [3.63, 3.8) is 0 Å². The fourth-order valence-electron chi connectivity index (χ4n) is 1.28. The zero-order chi connectivity index (χ0) is 12.0. The first-order chi connectivity index (χ1) is 7.63. The molecule has 0 fully saturated rings. The van der Waals surface area contributed by atoms with Crippen LogP contribution in [0, 0.1) is 0 Å². The first kappa shape index (κ1) is 12.0. The second-order valence-corrected chi connectivity index (χ2v) is 3.30. The summed E-state index contributed by atoms with van der Waals surface area (Å²) in [6, 6.07) is 7.74. The fourth-order valence-corrected chi connectivity index (χ4v) is 1.28. The predicted molar refractivity (Wildman–Crippen MR) is 59.2 cm³/mol. The van der Waals surface area contributed by atoms with Crippen LogP contribution in [0.2, 0.25) is 0 Å². The minimum absolute atomic E-state index is 0.267. The van der Waals surface area contributed by atoms with Crippen LogP contribution in [0.5, 0.6) is 0 Å². The van der Waals surface area contributed by atoms with Crippen molar-refractivity contribution in [2.24, 2.45) is 0 Å². The maximum Gasteiger partial charge on any atom is 0.326 e. The van der Waals surface area contributed by atoms with Gasteiger partial charge in [-0.2, -0.15) is 0 Å². The third-order valence-electron chi connectivity index (χ3n) is 2.11. The van der Waals surface area contributed by atoms with Crippen molar-refractivity contribution in [3.05, 3.63) is 35.9 Å². The van der Waals surface area contributed by atoms with Gasteiger partial charge in [0.25, 0.3) is 0 Å². The molecule has 1 aromatic rings. The number of benzene rings is 1. The molecule has 5 nitrogen and oxygen atoms in total. The monoisotopic (exact) mass is 222 g/mol. The Morgan fingerprint density at radius 1 is 1.31 bits per heavy atom. The topological polar surface area (TPSA) is 78.4 Å². The Labute approximate surface area is 93.5 Å². The molecule has 16 heavy (non-hydrogen) atoms. The van der Waals surface area contributed by atoms with Crippen molar-refractivity contribution in [2.75, 3.05) is 7.05 Å². The molecule has 1 atom stereocenters. The van der Waals surface area contributed by atoms with Gasteiger partial charge in [0.2, 0.25) is 0 Å². The SMILES string of the molecule is CNC(=O)N[C@@H](Cc1ccccc1)C(=O)O. The number of aliphatic carboxylic acids is 1. The molecule has 1 rings (SSSR count). The molecule has 3 N–H and O–H groups in total. The van der Waals surface area contributed by atoms with Crippen LogP contribution in [0.4, 0.5) is 4.79 Å². The van der Waals surface area contributed by atoms with Gasteiger partial charge in [-0.05, 0) is 5.56 Å². The normalized spacial score (nSPS) is 11.6. The minimum atomic E-state index is -1.05. The largest absolute Gasteiger partial charge is 0.480 e. The standard InChI is InChI=1S/C11H14N2O3/c1-12-11(16)13-9(10(14)15)7-8-5-3-2-4-6-8/h2-6,9H,7H2,1H3,(H,14,15)(H2,12,13,16)/t9-/m0/s1. The highest BCUT2D eigenvalue weighted by molar-refractivity contribution is 5.82. The molecule has 0 spiro atoms. The van der Waals surface area contributed by atoms with Gasteiger partial charge in [0.1, 0.15) is 6.04 Å². The Balaban J connectivity index is 2.65. The maximum atomic E-state index is 11.0. The van der Waals surface area contributed by atoms with Gasteiger partial charge in [0, 0.05) is 13.5 Å². The molecule has 0 bridgehead atoms. The highest BCUT2D eigenvalue weighted by atomic mass is 16.4. The molecule has 0 aliphatic rings. The number of nitrogens with one attached hydrogen (secondary N) is 2. The third-order valence-corrected chi connectivity index (χ3v) is 2.11. The van der Waals surface area contributed by atoms with E-state index in [2.05, 4.69) is 10.6 Å². The third kappa shape index (κ3) is 3.61. The number of hydrogen-bond acceptors (Lipinski definition) is 2. The lowest BCUT2D eigenvalue weighted by molar-refractivity contribution is -0.139. The van der Waals surface area contributed by atoms with E-state index in [4.69, 9.17) is 5.11 Å². The Morgan fingerprint density at radius 3 is 2.44 bits per heavy atom. The molecular formula is C11H14N2O3. The lowest BCUT2D eigenvalue weighted by Gasteiger charge is -2.13. The molecule has 5 heteroatoms. The highest BCUT2D eigenvalue weighted by Gasteiger charge is 2.19. The second-order valence-electron chi connectivity index (χ2n) is 3.30. The highest BCUT2D eigenvalue weighted by Crippen LogP contribution is 2.03. The van der Waals surface area contributed by atoms with Gasteiger partial charge in [-0.3, -0.25) is 0 Å². The van der Waals surface area contributed by atoms with Gasteiger partial charge in [-0.15, -0.1) is 0 Å². The number of carboxylic acid groups (broad SMARTS) is 1. The van der Waals surface area contributed by atoms with E-state index in [1.165, 1.54) is 7.05 Å². The van der Waals surface area contributed by atoms with Gasteiger partial charge in [-0.25, -0.2) is 9.59 Å². The van der Waals surface area contributed by atoms with E-state index in [9.17, 15) is 9.59 Å². The first-order valence-electron chi connectivity index (χ1n) is 4.88. The van der Waals surface area contributed by atoms with Gasteiger partial charge in [0.15, 0.2) is 0 Å². The van der Waals surface area contributed by atoms with Crippen LogP contribution in [0.3, 0.4) is 0 Å². The number of rotatable bonds is 4. The summed E-state index contributed by atoms with van der Waals surface area (Å²) in [6.45, 7) is 0. The summed E-state index contributed by atoms with van der Waals surface area (Å²) in [5.74, 6) is -1.05. The number of carbonyl (C=O) groups is 2. The molecule has 2 amide bonds. The molecule has 0 aliphatic carbocycles.